The maximum atomic E-state index is 14.2. The van der Waals surface area contributed by atoms with Crippen molar-refractivity contribution < 1.29 is 27.0 Å². The average Bonchev–Trinajstić information content (AvgIpc) is 2.83. The van der Waals surface area contributed by atoms with E-state index in [2.05, 4.69) is 25.3 Å². The standard InChI is InChI=1S/C25H23F4N5O2/c1-14(2)12-36-13-21-33-23(31-15-6-9-20(35-3)18(26)11-15)16-7-8-19(32-24(16)34-21)22-17(25(27,28)29)5-4-10-30-22/h4-11,14H,12-13H2,1-3H3,(H,31,32,33,34). The van der Waals surface area contributed by atoms with Crippen LogP contribution in [0.1, 0.15) is 25.2 Å². The van der Waals surface area contributed by atoms with Gasteiger partial charge in [-0.3, -0.25) is 4.98 Å². The Hall–Kier alpha value is -3.86. The van der Waals surface area contributed by atoms with E-state index < -0.39 is 17.6 Å². The molecular weight excluding hydrogens is 478 g/mol. The number of alkyl halides is 3. The molecule has 0 bridgehead atoms. The van der Waals surface area contributed by atoms with E-state index in [4.69, 9.17) is 9.47 Å². The van der Waals surface area contributed by atoms with E-state index >= 15 is 0 Å². The van der Waals surface area contributed by atoms with Crippen molar-refractivity contribution >= 4 is 22.5 Å². The number of aromatic nitrogens is 4. The second-order valence-corrected chi connectivity index (χ2v) is 8.34. The quantitative estimate of drug-likeness (QED) is 0.289. The van der Waals surface area contributed by atoms with E-state index in [0.717, 1.165) is 6.07 Å². The van der Waals surface area contributed by atoms with Gasteiger partial charge in [0.2, 0.25) is 0 Å². The van der Waals surface area contributed by atoms with Crippen LogP contribution in [0.2, 0.25) is 0 Å². The number of anilines is 2. The summed E-state index contributed by atoms with van der Waals surface area (Å²) >= 11 is 0. The van der Waals surface area contributed by atoms with Crippen molar-refractivity contribution in [3.8, 4) is 17.1 Å². The normalized spacial score (nSPS) is 11.8. The first kappa shape index (κ1) is 25.2. The summed E-state index contributed by atoms with van der Waals surface area (Å²) in [6.45, 7) is 4.50. The molecule has 0 aliphatic heterocycles. The van der Waals surface area contributed by atoms with Crippen LogP contribution in [0.5, 0.6) is 5.75 Å². The Morgan fingerprint density at radius 2 is 1.83 bits per heavy atom. The average molecular weight is 501 g/mol. The number of benzene rings is 1. The van der Waals surface area contributed by atoms with Crippen molar-refractivity contribution in [2.75, 3.05) is 19.0 Å². The summed E-state index contributed by atoms with van der Waals surface area (Å²) in [6, 6.07) is 9.44. The number of hydrogen-bond acceptors (Lipinski definition) is 7. The predicted molar refractivity (Wildman–Crippen MR) is 126 cm³/mol. The highest BCUT2D eigenvalue weighted by Crippen LogP contribution is 2.36. The van der Waals surface area contributed by atoms with Gasteiger partial charge in [-0.25, -0.2) is 19.3 Å². The van der Waals surface area contributed by atoms with Crippen LogP contribution in [0.3, 0.4) is 0 Å². The first-order valence-corrected chi connectivity index (χ1v) is 11.0. The summed E-state index contributed by atoms with van der Waals surface area (Å²) in [5.41, 5.74) is -0.686. The highest BCUT2D eigenvalue weighted by Gasteiger charge is 2.34. The summed E-state index contributed by atoms with van der Waals surface area (Å²) in [6.07, 6.45) is -3.33. The Morgan fingerprint density at radius 3 is 2.53 bits per heavy atom. The van der Waals surface area contributed by atoms with Crippen LogP contribution in [0.15, 0.2) is 48.7 Å². The molecule has 4 rings (SSSR count). The number of halogens is 4. The minimum Gasteiger partial charge on any atom is -0.494 e. The molecule has 0 spiro atoms. The molecule has 0 amide bonds. The Balaban J connectivity index is 1.79. The van der Waals surface area contributed by atoms with Crippen LogP contribution in [-0.4, -0.2) is 33.7 Å². The number of methoxy groups -OCH3 is 1. The minimum absolute atomic E-state index is 0.00427. The molecule has 1 N–H and O–H groups in total. The monoisotopic (exact) mass is 501 g/mol. The summed E-state index contributed by atoms with van der Waals surface area (Å²) in [5, 5.41) is 3.46. The summed E-state index contributed by atoms with van der Waals surface area (Å²) < 4.78 is 65.5. The zero-order chi connectivity index (χ0) is 25.9. The molecule has 0 aliphatic rings. The van der Waals surface area contributed by atoms with Crippen molar-refractivity contribution in [3.05, 3.63) is 65.9 Å². The molecule has 188 valence electrons. The van der Waals surface area contributed by atoms with E-state index in [-0.39, 0.29) is 41.1 Å². The maximum Gasteiger partial charge on any atom is 0.418 e. The molecule has 0 radical (unpaired) electrons. The second kappa shape index (κ2) is 10.4. The van der Waals surface area contributed by atoms with Crippen molar-refractivity contribution in [3.63, 3.8) is 0 Å². The third-order valence-electron chi connectivity index (χ3n) is 5.06. The molecule has 3 aromatic heterocycles. The van der Waals surface area contributed by atoms with Crippen molar-refractivity contribution in [2.24, 2.45) is 5.92 Å². The molecule has 0 atom stereocenters. The van der Waals surface area contributed by atoms with Gasteiger partial charge in [0.15, 0.2) is 23.0 Å². The minimum atomic E-state index is -4.60. The number of rotatable bonds is 8. The van der Waals surface area contributed by atoms with Gasteiger partial charge in [0.1, 0.15) is 18.1 Å². The van der Waals surface area contributed by atoms with Crippen LogP contribution in [0.4, 0.5) is 29.1 Å². The van der Waals surface area contributed by atoms with Crippen LogP contribution >= 0.6 is 0 Å². The van der Waals surface area contributed by atoms with Gasteiger partial charge in [-0.15, -0.1) is 0 Å². The molecule has 11 heteroatoms. The summed E-state index contributed by atoms with van der Waals surface area (Å²) in [4.78, 5) is 17.2. The Morgan fingerprint density at radius 1 is 1.03 bits per heavy atom. The molecule has 0 saturated heterocycles. The molecule has 36 heavy (non-hydrogen) atoms. The number of pyridine rings is 2. The number of ether oxygens (including phenoxy) is 2. The van der Waals surface area contributed by atoms with Gasteiger partial charge in [0, 0.05) is 24.6 Å². The van der Waals surface area contributed by atoms with E-state index in [1.807, 2.05) is 13.8 Å². The maximum absolute atomic E-state index is 14.2. The lowest BCUT2D eigenvalue weighted by Crippen LogP contribution is -2.10. The zero-order valence-corrected chi connectivity index (χ0v) is 19.7. The molecule has 4 aromatic rings. The van der Waals surface area contributed by atoms with Gasteiger partial charge in [-0.05, 0) is 42.3 Å². The first-order chi connectivity index (χ1) is 17.2. The van der Waals surface area contributed by atoms with Crippen molar-refractivity contribution in [1.29, 1.82) is 0 Å². The molecule has 0 saturated carbocycles. The number of hydrogen-bond donors (Lipinski definition) is 1. The molecular formula is C25H23F4N5O2. The smallest absolute Gasteiger partial charge is 0.418 e. The van der Waals surface area contributed by atoms with Gasteiger partial charge < -0.3 is 14.8 Å². The molecule has 1 aromatic carbocycles. The lowest BCUT2D eigenvalue weighted by atomic mass is 10.1. The second-order valence-electron chi connectivity index (χ2n) is 8.34. The lowest BCUT2D eigenvalue weighted by Gasteiger charge is -2.14. The Bertz CT molecular complexity index is 1380. The third kappa shape index (κ3) is 5.68. The highest BCUT2D eigenvalue weighted by atomic mass is 19.4. The predicted octanol–water partition coefficient (Wildman–Crippen LogP) is 6.17. The van der Waals surface area contributed by atoms with Crippen LogP contribution < -0.4 is 10.1 Å². The highest BCUT2D eigenvalue weighted by molar-refractivity contribution is 5.90. The summed E-state index contributed by atoms with van der Waals surface area (Å²) in [7, 11) is 1.36. The largest absolute Gasteiger partial charge is 0.494 e. The Kier molecular flexibility index (Phi) is 7.30. The van der Waals surface area contributed by atoms with Gasteiger partial charge in [0.05, 0.1) is 23.8 Å². The van der Waals surface area contributed by atoms with Crippen LogP contribution in [0, 0.1) is 11.7 Å². The number of nitrogens with zero attached hydrogens (tertiary/aromatic N) is 4. The number of nitrogens with one attached hydrogen (secondary N) is 1. The van der Waals surface area contributed by atoms with Gasteiger partial charge >= 0.3 is 6.18 Å². The van der Waals surface area contributed by atoms with Gasteiger partial charge in [-0.2, -0.15) is 13.2 Å². The fourth-order valence-corrected chi connectivity index (χ4v) is 3.45. The number of fused-ring (bicyclic) bond motifs is 1. The fraction of sp³-hybridized carbons (Fsp3) is 0.280. The van der Waals surface area contributed by atoms with Crippen molar-refractivity contribution in [1.82, 2.24) is 19.9 Å². The van der Waals surface area contributed by atoms with Gasteiger partial charge in [0.25, 0.3) is 0 Å². The molecule has 7 nitrogen and oxygen atoms in total. The molecule has 0 aliphatic carbocycles. The summed E-state index contributed by atoms with van der Waals surface area (Å²) in [5.74, 6) is 0.347. The lowest BCUT2D eigenvalue weighted by molar-refractivity contribution is -0.137. The fourth-order valence-electron chi connectivity index (χ4n) is 3.45. The topological polar surface area (TPSA) is 82.0 Å². The SMILES string of the molecule is COc1ccc(Nc2nc(COCC(C)C)nc3nc(-c4ncccc4C(F)(F)F)ccc23)cc1F. The zero-order valence-electron chi connectivity index (χ0n) is 19.7. The van der Waals surface area contributed by atoms with E-state index in [1.165, 1.54) is 37.6 Å². The van der Waals surface area contributed by atoms with Crippen LogP contribution in [-0.2, 0) is 17.5 Å². The van der Waals surface area contributed by atoms with Crippen LogP contribution in [0.25, 0.3) is 22.4 Å². The third-order valence-corrected chi connectivity index (χ3v) is 5.06. The van der Waals surface area contributed by atoms with Crippen molar-refractivity contribution in [2.45, 2.75) is 26.6 Å². The van der Waals surface area contributed by atoms with E-state index in [9.17, 15) is 17.6 Å². The first-order valence-electron chi connectivity index (χ1n) is 11.0. The molecule has 0 unspecified atom stereocenters. The van der Waals surface area contributed by atoms with E-state index in [1.54, 1.807) is 12.1 Å². The molecule has 3 heterocycles. The van der Waals surface area contributed by atoms with Gasteiger partial charge in [-0.1, -0.05) is 13.8 Å². The Labute approximate surface area is 204 Å². The van der Waals surface area contributed by atoms with E-state index in [0.29, 0.717) is 23.5 Å². The molecule has 0 fully saturated rings.